The Morgan fingerprint density at radius 1 is 1.12 bits per heavy atom. The molecule has 0 radical (unpaired) electrons. The number of ether oxygens (including phenoxy) is 2. The topological polar surface area (TPSA) is 18.5 Å². The van der Waals surface area contributed by atoms with Gasteiger partial charge in [0.1, 0.15) is 5.75 Å². The quantitative estimate of drug-likeness (QED) is 0.636. The van der Waals surface area contributed by atoms with Crippen LogP contribution in [0.2, 0.25) is 0 Å². The molecular formula is C15H20O2. The normalized spacial score (nSPS) is 10.2. The minimum atomic E-state index is 0.173. The van der Waals surface area contributed by atoms with Gasteiger partial charge in [-0.2, -0.15) is 0 Å². The molecular weight excluding hydrogens is 212 g/mol. The molecule has 17 heavy (non-hydrogen) atoms. The van der Waals surface area contributed by atoms with E-state index in [1.807, 2.05) is 36.4 Å². The van der Waals surface area contributed by atoms with Gasteiger partial charge >= 0.3 is 0 Å². The summed E-state index contributed by atoms with van der Waals surface area (Å²) in [4.78, 5) is 0. The number of hydrogen-bond acceptors (Lipinski definition) is 2. The Morgan fingerprint density at radius 2 is 1.71 bits per heavy atom. The Labute approximate surface area is 104 Å². The fraction of sp³-hybridized carbons (Fsp3) is 0.333. The van der Waals surface area contributed by atoms with E-state index in [4.69, 9.17) is 9.47 Å². The van der Waals surface area contributed by atoms with Gasteiger partial charge in [0.15, 0.2) is 0 Å². The van der Waals surface area contributed by atoms with Crippen LogP contribution < -0.4 is 4.74 Å². The van der Waals surface area contributed by atoms with E-state index < -0.39 is 0 Å². The average molecular weight is 232 g/mol. The van der Waals surface area contributed by atoms with E-state index in [0.29, 0.717) is 6.61 Å². The molecule has 0 N–H and O–H groups in total. The molecule has 0 bridgehead atoms. The monoisotopic (exact) mass is 232 g/mol. The summed E-state index contributed by atoms with van der Waals surface area (Å²) in [6.45, 7) is 8.07. The van der Waals surface area contributed by atoms with E-state index in [1.54, 1.807) is 7.11 Å². The maximum absolute atomic E-state index is 5.80. The maximum Gasteiger partial charge on any atom is 0.118 e. The molecule has 0 aliphatic rings. The highest BCUT2D eigenvalue weighted by Gasteiger charge is 2.05. The zero-order valence-electron chi connectivity index (χ0n) is 10.4. The van der Waals surface area contributed by atoms with Crippen LogP contribution >= 0.6 is 0 Å². The minimum absolute atomic E-state index is 0.173. The van der Waals surface area contributed by atoms with Crippen LogP contribution in [0, 0.1) is 0 Å². The molecule has 0 saturated heterocycles. The second-order valence-electron chi connectivity index (χ2n) is 3.83. The summed E-state index contributed by atoms with van der Waals surface area (Å²) >= 11 is 0. The highest BCUT2D eigenvalue weighted by atomic mass is 16.5. The Balaban J connectivity index is 2.46. The molecule has 0 heterocycles. The van der Waals surface area contributed by atoms with Gasteiger partial charge < -0.3 is 9.47 Å². The lowest BCUT2D eigenvalue weighted by molar-refractivity contribution is 0.0448. The zero-order chi connectivity index (χ0) is 12.5. The first kappa shape index (κ1) is 13.5. The molecule has 0 spiro atoms. The van der Waals surface area contributed by atoms with Gasteiger partial charge in [0.05, 0.1) is 19.8 Å². The van der Waals surface area contributed by atoms with Gasteiger partial charge in [0.25, 0.3) is 0 Å². The van der Waals surface area contributed by atoms with Crippen LogP contribution in [0.4, 0.5) is 0 Å². The van der Waals surface area contributed by atoms with E-state index >= 15 is 0 Å². The standard InChI is InChI=1S/C15H20O2/c1-4-6-15(7-5-2)17-12-13-8-10-14(16-3)11-9-13/h4-5,8-11,15H,1-2,6-7,12H2,3H3. The largest absolute Gasteiger partial charge is 0.497 e. The third-order valence-electron chi connectivity index (χ3n) is 2.50. The Bertz CT molecular complexity index is 330. The van der Waals surface area contributed by atoms with Crippen molar-refractivity contribution in [1.29, 1.82) is 0 Å². The molecule has 2 heteroatoms. The summed E-state index contributed by atoms with van der Waals surface area (Å²) in [5.41, 5.74) is 1.14. The van der Waals surface area contributed by atoms with Crippen LogP contribution in [0.25, 0.3) is 0 Å². The number of hydrogen-bond donors (Lipinski definition) is 0. The van der Waals surface area contributed by atoms with Crippen molar-refractivity contribution in [1.82, 2.24) is 0 Å². The fourth-order valence-electron chi connectivity index (χ4n) is 1.54. The van der Waals surface area contributed by atoms with Gasteiger partial charge in [-0.3, -0.25) is 0 Å². The summed E-state index contributed by atoms with van der Waals surface area (Å²) in [5, 5.41) is 0. The van der Waals surface area contributed by atoms with Crippen LogP contribution in [0.3, 0.4) is 0 Å². The lowest BCUT2D eigenvalue weighted by Gasteiger charge is -2.14. The molecule has 0 aromatic heterocycles. The third-order valence-corrected chi connectivity index (χ3v) is 2.50. The van der Waals surface area contributed by atoms with Crippen molar-refractivity contribution < 1.29 is 9.47 Å². The van der Waals surface area contributed by atoms with Gasteiger partial charge in [-0.05, 0) is 30.5 Å². The van der Waals surface area contributed by atoms with Crippen LogP contribution in [-0.2, 0) is 11.3 Å². The molecule has 0 atom stereocenters. The summed E-state index contributed by atoms with van der Waals surface area (Å²) in [6.07, 6.45) is 5.63. The smallest absolute Gasteiger partial charge is 0.118 e. The number of rotatable bonds is 8. The lowest BCUT2D eigenvalue weighted by Crippen LogP contribution is -2.10. The molecule has 2 nitrogen and oxygen atoms in total. The summed E-state index contributed by atoms with van der Waals surface area (Å²) in [6, 6.07) is 7.90. The van der Waals surface area contributed by atoms with Gasteiger partial charge in [0.2, 0.25) is 0 Å². The van der Waals surface area contributed by atoms with Crippen LogP contribution in [0.1, 0.15) is 18.4 Å². The first-order valence-electron chi connectivity index (χ1n) is 5.76. The lowest BCUT2D eigenvalue weighted by atomic mass is 10.2. The molecule has 1 aromatic rings. The van der Waals surface area contributed by atoms with Gasteiger partial charge in [-0.25, -0.2) is 0 Å². The van der Waals surface area contributed by atoms with Crippen LogP contribution in [0.15, 0.2) is 49.6 Å². The second-order valence-corrected chi connectivity index (χ2v) is 3.83. The Kier molecular flexibility index (Phi) is 6.12. The van der Waals surface area contributed by atoms with Crippen molar-refractivity contribution >= 4 is 0 Å². The molecule has 0 fully saturated rings. The van der Waals surface area contributed by atoms with Gasteiger partial charge in [-0.1, -0.05) is 24.3 Å². The predicted molar refractivity (Wildman–Crippen MR) is 71.2 cm³/mol. The van der Waals surface area contributed by atoms with Crippen molar-refractivity contribution in [2.24, 2.45) is 0 Å². The van der Waals surface area contributed by atoms with Crippen molar-refractivity contribution in [3.63, 3.8) is 0 Å². The maximum atomic E-state index is 5.80. The van der Waals surface area contributed by atoms with Crippen LogP contribution in [0.5, 0.6) is 5.75 Å². The van der Waals surface area contributed by atoms with Crippen molar-refractivity contribution in [3.05, 3.63) is 55.1 Å². The van der Waals surface area contributed by atoms with Gasteiger partial charge in [-0.15, -0.1) is 13.2 Å². The predicted octanol–water partition coefficient (Wildman–Crippen LogP) is 3.73. The molecule has 1 aromatic carbocycles. The first-order chi connectivity index (χ1) is 8.30. The molecule has 0 saturated carbocycles. The molecule has 0 aliphatic carbocycles. The third kappa shape index (κ3) is 4.87. The average Bonchev–Trinajstić information content (AvgIpc) is 2.37. The molecule has 0 unspecified atom stereocenters. The van der Waals surface area contributed by atoms with Crippen molar-refractivity contribution in [3.8, 4) is 5.75 Å². The number of methoxy groups -OCH3 is 1. The molecule has 0 aliphatic heterocycles. The number of benzene rings is 1. The Morgan fingerprint density at radius 3 is 2.18 bits per heavy atom. The summed E-state index contributed by atoms with van der Waals surface area (Å²) in [5.74, 6) is 0.863. The molecule has 92 valence electrons. The van der Waals surface area contributed by atoms with E-state index in [0.717, 1.165) is 24.2 Å². The summed E-state index contributed by atoms with van der Waals surface area (Å²) in [7, 11) is 1.66. The van der Waals surface area contributed by atoms with E-state index in [2.05, 4.69) is 13.2 Å². The van der Waals surface area contributed by atoms with E-state index in [1.165, 1.54) is 0 Å². The minimum Gasteiger partial charge on any atom is -0.497 e. The van der Waals surface area contributed by atoms with Gasteiger partial charge in [0, 0.05) is 0 Å². The van der Waals surface area contributed by atoms with Crippen LogP contribution in [-0.4, -0.2) is 13.2 Å². The zero-order valence-corrected chi connectivity index (χ0v) is 10.4. The van der Waals surface area contributed by atoms with E-state index in [9.17, 15) is 0 Å². The summed E-state index contributed by atoms with van der Waals surface area (Å²) < 4.78 is 10.9. The second kappa shape index (κ2) is 7.69. The van der Waals surface area contributed by atoms with Crippen molar-refractivity contribution in [2.45, 2.75) is 25.6 Å². The SMILES string of the molecule is C=CCC(CC=C)OCc1ccc(OC)cc1. The highest BCUT2D eigenvalue weighted by Crippen LogP contribution is 2.14. The van der Waals surface area contributed by atoms with E-state index in [-0.39, 0.29) is 6.10 Å². The molecule has 1 rings (SSSR count). The first-order valence-corrected chi connectivity index (χ1v) is 5.76. The highest BCUT2D eigenvalue weighted by molar-refractivity contribution is 5.26. The Hall–Kier alpha value is -1.54. The fourth-order valence-corrected chi connectivity index (χ4v) is 1.54. The van der Waals surface area contributed by atoms with Crippen molar-refractivity contribution in [2.75, 3.05) is 7.11 Å². The molecule has 0 amide bonds.